The molecule has 2 aliphatic heterocycles. The molecule has 3 heterocycles. The lowest BCUT2D eigenvalue weighted by Gasteiger charge is -2.31. The SMILES string of the molecule is COc1ccc2c(OC3C[C@H]4C(=O)N[C@]5(P(=O)(O)Cc6c(F)cccc6F)C[C@H]5CCCCCCC[C@H](NC(=O)OC5CCCC5)C(=O)N4C3)ncnc2c1C. The van der Waals surface area contributed by atoms with Crippen LogP contribution in [-0.4, -0.2) is 80.9 Å². The van der Waals surface area contributed by atoms with Gasteiger partial charge >= 0.3 is 6.09 Å². The van der Waals surface area contributed by atoms with Crippen LogP contribution in [0.5, 0.6) is 11.6 Å². The number of amides is 3. The molecule has 2 saturated heterocycles. The second-order valence-corrected chi connectivity index (χ2v) is 18.2. The number of nitrogens with zero attached hydrogens (tertiary/aromatic N) is 3. The Hall–Kier alpha value is -4.36. The molecule has 3 N–H and O–H groups in total. The minimum atomic E-state index is -4.51. The fourth-order valence-corrected chi connectivity index (χ4v) is 11.3. The van der Waals surface area contributed by atoms with Crippen LogP contribution in [0.25, 0.3) is 10.9 Å². The summed E-state index contributed by atoms with van der Waals surface area (Å²) in [6.07, 6.45) is 7.08. The summed E-state index contributed by atoms with van der Waals surface area (Å²) < 4.78 is 61.5. The molecule has 4 aliphatic rings. The molecule has 16 heteroatoms. The third kappa shape index (κ3) is 8.20. The van der Waals surface area contributed by atoms with Crippen LogP contribution in [0.15, 0.2) is 36.7 Å². The topological polar surface area (TPSA) is 169 Å². The Morgan fingerprint density at radius 3 is 2.43 bits per heavy atom. The van der Waals surface area contributed by atoms with Gasteiger partial charge in [-0.25, -0.2) is 23.5 Å². The molecule has 1 aromatic heterocycles. The van der Waals surface area contributed by atoms with Gasteiger partial charge < -0.3 is 34.6 Å². The van der Waals surface area contributed by atoms with Gasteiger partial charge in [0.25, 0.3) is 0 Å². The predicted molar refractivity (Wildman–Crippen MR) is 202 cm³/mol. The first kappa shape index (κ1) is 39.9. The summed E-state index contributed by atoms with van der Waals surface area (Å²) in [7, 11) is -2.94. The summed E-state index contributed by atoms with van der Waals surface area (Å²) in [5, 5.41) is 4.62. The largest absolute Gasteiger partial charge is 0.496 e. The minimum absolute atomic E-state index is 0.00410. The maximum Gasteiger partial charge on any atom is 0.408 e. The Morgan fingerprint density at radius 1 is 1.00 bits per heavy atom. The van der Waals surface area contributed by atoms with Crippen molar-refractivity contribution in [2.75, 3.05) is 13.7 Å². The van der Waals surface area contributed by atoms with Crippen LogP contribution in [0.2, 0.25) is 0 Å². The quantitative estimate of drug-likeness (QED) is 0.210. The van der Waals surface area contributed by atoms with E-state index in [4.69, 9.17) is 14.2 Å². The first-order valence-corrected chi connectivity index (χ1v) is 21.5. The first-order valence-electron chi connectivity index (χ1n) is 19.7. The zero-order valence-corrected chi connectivity index (χ0v) is 32.7. The van der Waals surface area contributed by atoms with Gasteiger partial charge in [0.15, 0.2) is 0 Å². The Morgan fingerprint density at radius 2 is 1.70 bits per heavy atom. The molecule has 2 unspecified atom stereocenters. The normalized spacial score (nSPS) is 27.3. The fourth-order valence-electron chi connectivity index (χ4n) is 8.80. The number of rotatable bonds is 8. The number of carbonyl (C=O) groups excluding carboxylic acids is 3. The highest BCUT2D eigenvalue weighted by molar-refractivity contribution is 7.59. The van der Waals surface area contributed by atoms with Gasteiger partial charge in [-0.05, 0) is 82.1 Å². The lowest BCUT2D eigenvalue weighted by Crippen LogP contribution is -2.55. The van der Waals surface area contributed by atoms with E-state index in [0.29, 0.717) is 42.3 Å². The van der Waals surface area contributed by atoms with Crippen molar-refractivity contribution in [3.05, 3.63) is 59.4 Å². The van der Waals surface area contributed by atoms with E-state index in [1.807, 2.05) is 6.92 Å². The van der Waals surface area contributed by atoms with Gasteiger partial charge in [0.05, 0.1) is 30.7 Å². The van der Waals surface area contributed by atoms with Crippen LogP contribution >= 0.6 is 7.37 Å². The summed E-state index contributed by atoms with van der Waals surface area (Å²) in [6, 6.07) is 4.61. The molecule has 7 rings (SSSR count). The van der Waals surface area contributed by atoms with Crippen molar-refractivity contribution in [2.45, 2.75) is 126 Å². The molecule has 2 saturated carbocycles. The maximum atomic E-state index is 14.8. The average molecular weight is 798 g/mol. The van der Waals surface area contributed by atoms with Crippen LogP contribution in [0.3, 0.4) is 0 Å². The molecule has 2 aliphatic carbocycles. The average Bonchev–Trinajstić information content (AvgIpc) is 3.44. The monoisotopic (exact) mass is 797 g/mol. The van der Waals surface area contributed by atoms with E-state index >= 15 is 0 Å². The molecule has 6 atom stereocenters. The second kappa shape index (κ2) is 16.6. The van der Waals surface area contributed by atoms with Gasteiger partial charge in [-0.2, -0.15) is 0 Å². The fraction of sp³-hybridized carbons (Fsp3) is 0.575. The summed E-state index contributed by atoms with van der Waals surface area (Å²) >= 11 is 0. The Balaban J connectivity index is 1.20. The molecule has 0 bridgehead atoms. The molecule has 0 spiro atoms. The molecule has 56 heavy (non-hydrogen) atoms. The number of halogens is 2. The zero-order valence-electron chi connectivity index (χ0n) is 31.8. The zero-order chi connectivity index (χ0) is 39.6. The third-order valence-electron chi connectivity index (χ3n) is 12.0. The van der Waals surface area contributed by atoms with Gasteiger partial charge in [-0.3, -0.25) is 14.2 Å². The number of ether oxygens (including phenoxy) is 3. The van der Waals surface area contributed by atoms with Crippen LogP contribution in [-0.2, 0) is 25.1 Å². The van der Waals surface area contributed by atoms with Crippen LogP contribution < -0.4 is 20.1 Å². The number of carbonyl (C=O) groups is 3. The highest BCUT2D eigenvalue weighted by atomic mass is 31.2. The van der Waals surface area contributed by atoms with Crippen molar-refractivity contribution >= 4 is 36.2 Å². The second-order valence-electron chi connectivity index (χ2n) is 15.7. The molecule has 3 amide bonds. The van der Waals surface area contributed by atoms with Crippen LogP contribution in [0, 0.1) is 24.5 Å². The van der Waals surface area contributed by atoms with Crippen molar-refractivity contribution in [1.29, 1.82) is 0 Å². The Labute approximate surface area is 324 Å². The smallest absolute Gasteiger partial charge is 0.408 e. The molecular weight excluding hydrogens is 747 g/mol. The van der Waals surface area contributed by atoms with Gasteiger partial charge in [0, 0.05) is 17.5 Å². The van der Waals surface area contributed by atoms with E-state index in [1.165, 1.54) is 17.3 Å². The molecule has 2 aromatic carbocycles. The number of aryl methyl sites for hydroxylation is 1. The van der Waals surface area contributed by atoms with Crippen molar-refractivity contribution in [3.63, 3.8) is 0 Å². The third-order valence-corrected chi connectivity index (χ3v) is 14.7. The summed E-state index contributed by atoms with van der Waals surface area (Å²) in [5.41, 5.74) is 0.864. The number of benzene rings is 2. The molecular formula is C40H50F2N5O8P. The van der Waals surface area contributed by atoms with E-state index in [-0.39, 0.29) is 31.4 Å². The highest BCUT2D eigenvalue weighted by Crippen LogP contribution is 2.71. The molecule has 13 nitrogen and oxygen atoms in total. The van der Waals surface area contributed by atoms with E-state index in [1.54, 1.807) is 19.2 Å². The van der Waals surface area contributed by atoms with E-state index in [0.717, 1.165) is 62.6 Å². The maximum absolute atomic E-state index is 14.8. The number of hydrogen-bond donors (Lipinski definition) is 3. The minimum Gasteiger partial charge on any atom is -0.496 e. The number of nitrogens with one attached hydrogen (secondary N) is 2. The molecule has 4 fully saturated rings. The van der Waals surface area contributed by atoms with Crippen molar-refractivity contribution in [3.8, 4) is 11.6 Å². The Bertz CT molecular complexity index is 2000. The number of alkyl carbamates (subject to hydrolysis) is 1. The van der Waals surface area contributed by atoms with Gasteiger partial charge in [0.1, 0.15) is 53.3 Å². The van der Waals surface area contributed by atoms with Crippen molar-refractivity contribution in [2.24, 2.45) is 5.92 Å². The van der Waals surface area contributed by atoms with Gasteiger partial charge in [-0.15, -0.1) is 0 Å². The number of aromatic nitrogens is 2. The van der Waals surface area contributed by atoms with E-state index < -0.39 is 78.0 Å². The van der Waals surface area contributed by atoms with Crippen molar-refractivity contribution < 1.29 is 46.8 Å². The molecule has 0 radical (unpaired) electrons. The highest BCUT2D eigenvalue weighted by Gasteiger charge is 2.66. The molecule has 3 aromatic rings. The van der Waals surface area contributed by atoms with E-state index in [2.05, 4.69) is 20.6 Å². The van der Waals surface area contributed by atoms with E-state index in [9.17, 15) is 32.6 Å². The molecule has 302 valence electrons. The number of fused-ring (bicyclic) bond motifs is 3. The standard InChI is InChI=1S/C40H50F2N5O8P/c1-24-34(53-2)18-17-28-35(24)43-23-44-37(28)54-27-19-33-36(48)46-40(56(51,52)22-29-30(41)14-10-15-31(29)42)20-25(40)11-6-4-3-5-7-16-32(38(49)47(33)21-27)45-39(50)55-26-12-8-9-13-26/h10,14-15,17-18,23,25-27,32-33H,3-9,11-13,16,19-22H2,1-2H3,(H,45,50)(H,46,48)(H,51,52)/t25-,27?,32+,33+,40+/m1/s1. The first-order chi connectivity index (χ1) is 26.9. The lowest BCUT2D eigenvalue weighted by atomic mass is 10.0. The summed E-state index contributed by atoms with van der Waals surface area (Å²) in [6.45, 7) is 1.81. The summed E-state index contributed by atoms with van der Waals surface area (Å²) in [5.74, 6) is -2.63. The van der Waals surface area contributed by atoms with Gasteiger partial charge in [-0.1, -0.05) is 38.2 Å². The van der Waals surface area contributed by atoms with Crippen molar-refractivity contribution in [1.82, 2.24) is 25.5 Å². The Kier molecular flexibility index (Phi) is 11.8. The van der Waals surface area contributed by atoms with Gasteiger partial charge in [0.2, 0.25) is 25.1 Å². The summed E-state index contributed by atoms with van der Waals surface area (Å²) in [4.78, 5) is 64.1. The lowest BCUT2D eigenvalue weighted by molar-refractivity contribution is -0.140. The predicted octanol–water partition coefficient (Wildman–Crippen LogP) is 6.66. The number of methoxy groups -OCH3 is 1. The van der Waals surface area contributed by atoms with Crippen LogP contribution in [0.4, 0.5) is 13.6 Å². The van der Waals surface area contributed by atoms with Crippen LogP contribution in [0.1, 0.15) is 94.6 Å². The number of hydrogen-bond acceptors (Lipinski definition) is 9.